The minimum absolute atomic E-state index is 0.0613. The van der Waals surface area contributed by atoms with Crippen LogP contribution in [0.4, 0.5) is 5.69 Å². The Balaban J connectivity index is 1.47. The van der Waals surface area contributed by atoms with Crippen molar-refractivity contribution < 1.29 is 33.3 Å². The Kier molecular flexibility index (Phi) is 6.33. The Hall–Kier alpha value is -3.55. The van der Waals surface area contributed by atoms with Crippen molar-refractivity contribution in [3.05, 3.63) is 48.0 Å². The molecule has 1 N–H and O–H groups in total. The van der Waals surface area contributed by atoms with Gasteiger partial charge in [-0.3, -0.25) is 9.59 Å². The van der Waals surface area contributed by atoms with Gasteiger partial charge in [0.1, 0.15) is 19.0 Å². The average molecular weight is 399 g/mol. The predicted molar refractivity (Wildman–Crippen MR) is 104 cm³/mol. The molecule has 0 spiro atoms. The number of hydrogen-bond donors (Lipinski definition) is 1. The molecule has 0 saturated carbocycles. The van der Waals surface area contributed by atoms with E-state index >= 15 is 0 Å². The first kappa shape index (κ1) is 20.2. The number of benzene rings is 2. The lowest BCUT2D eigenvalue weighted by molar-refractivity contribution is -0.155. The Morgan fingerprint density at radius 1 is 1.03 bits per heavy atom. The van der Waals surface area contributed by atoms with Gasteiger partial charge in [-0.15, -0.1) is 0 Å². The van der Waals surface area contributed by atoms with Crippen LogP contribution in [-0.2, 0) is 14.3 Å². The Morgan fingerprint density at radius 2 is 1.72 bits per heavy atom. The lowest BCUT2D eigenvalue weighted by Gasteiger charge is -2.19. The number of fused-ring (bicyclic) bond motifs is 1. The lowest BCUT2D eigenvalue weighted by Crippen LogP contribution is -2.31. The second-order valence-corrected chi connectivity index (χ2v) is 6.35. The fourth-order valence-corrected chi connectivity index (χ4v) is 2.58. The number of rotatable bonds is 7. The average Bonchev–Trinajstić information content (AvgIpc) is 2.72. The highest BCUT2D eigenvalue weighted by atomic mass is 16.6. The summed E-state index contributed by atoms with van der Waals surface area (Å²) in [5.41, 5.74) is 1.05. The third-order valence-corrected chi connectivity index (χ3v) is 4.10. The van der Waals surface area contributed by atoms with Gasteiger partial charge in [-0.2, -0.15) is 0 Å². The largest absolute Gasteiger partial charge is 0.486 e. The van der Waals surface area contributed by atoms with Crippen LogP contribution < -0.4 is 19.5 Å². The number of Topliss-reactive ketones (excluding diaryl/α,β-unsaturated/α-hetero) is 1. The molecule has 0 saturated heterocycles. The van der Waals surface area contributed by atoms with Crippen molar-refractivity contribution in [1.82, 2.24) is 0 Å². The maximum atomic E-state index is 12.3. The summed E-state index contributed by atoms with van der Waals surface area (Å²) in [5, 5.41) is 2.66. The van der Waals surface area contributed by atoms with E-state index in [9.17, 15) is 14.4 Å². The van der Waals surface area contributed by atoms with Gasteiger partial charge in [-0.05, 0) is 50.2 Å². The Morgan fingerprint density at radius 3 is 2.41 bits per heavy atom. The van der Waals surface area contributed by atoms with E-state index < -0.39 is 18.0 Å². The van der Waals surface area contributed by atoms with E-state index in [0.717, 1.165) is 0 Å². The van der Waals surface area contributed by atoms with E-state index in [1.807, 2.05) is 0 Å². The number of esters is 1. The molecule has 0 aromatic heterocycles. The molecule has 1 atom stereocenters. The molecule has 0 radical (unpaired) electrons. The van der Waals surface area contributed by atoms with Gasteiger partial charge in [-0.1, -0.05) is 0 Å². The van der Waals surface area contributed by atoms with Crippen LogP contribution in [0.3, 0.4) is 0 Å². The Labute approximate surface area is 167 Å². The quantitative estimate of drug-likeness (QED) is 0.564. The molecule has 152 valence electrons. The zero-order chi connectivity index (χ0) is 20.8. The Bertz CT molecular complexity index is 908. The molecule has 1 aliphatic rings. The second-order valence-electron chi connectivity index (χ2n) is 6.35. The topological polar surface area (TPSA) is 100 Å². The molecule has 2 aromatic carbocycles. The fourth-order valence-electron chi connectivity index (χ4n) is 2.58. The minimum atomic E-state index is -1.01. The molecule has 8 nitrogen and oxygen atoms in total. The van der Waals surface area contributed by atoms with Gasteiger partial charge in [0.15, 0.2) is 30.0 Å². The van der Waals surface area contributed by atoms with Gasteiger partial charge < -0.3 is 24.3 Å². The van der Waals surface area contributed by atoms with Gasteiger partial charge in [0.2, 0.25) is 0 Å². The standard InChI is InChI=1S/C21H21NO7/c1-13(23)15-3-6-17(7-4-15)28-12-20(24)29-14(2)21(25)22-16-5-8-18-19(11-16)27-10-9-26-18/h3-8,11,14H,9-10,12H2,1-2H3,(H,22,25)/t14-/m0/s1. The minimum Gasteiger partial charge on any atom is -0.486 e. The van der Waals surface area contributed by atoms with Crippen LogP contribution in [0, 0.1) is 0 Å². The molecule has 1 amide bonds. The SMILES string of the molecule is CC(=O)c1ccc(OCC(=O)O[C@@H](C)C(=O)Nc2ccc3c(c2)OCCO3)cc1. The second kappa shape index (κ2) is 9.09. The maximum absolute atomic E-state index is 12.3. The van der Waals surface area contributed by atoms with E-state index in [4.69, 9.17) is 18.9 Å². The molecule has 0 aliphatic carbocycles. The van der Waals surface area contributed by atoms with E-state index in [2.05, 4.69) is 5.32 Å². The molecular weight excluding hydrogens is 378 g/mol. The monoisotopic (exact) mass is 399 g/mol. The maximum Gasteiger partial charge on any atom is 0.344 e. The molecule has 0 unspecified atom stereocenters. The first-order chi connectivity index (χ1) is 13.9. The number of carbonyl (C=O) groups excluding carboxylic acids is 3. The van der Waals surface area contributed by atoms with E-state index in [1.54, 1.807) is 42.5 Å². The van der Waals surface area contributed by atoms with Crippen LogP contribution in [0.15, 0.2) is 42.5 Å². The van der Waals surface area contributed by atoms with Crippen molar-refractivity contribution in [2.75, 3.05) is 25.1 Å². The molecule has 1 aliphatic heterocycles. The van der Waals surface area contributed by atoms with E-state index in [1.165, 1.54) is 13.8 Å². The normalized spacial score (nSPS) is 13.2. The van der Waals surface area contributed by atoms with Crippen LogP contribution in [0.2, 0.25) is 0 Å². The number of anilines is 1. The lowest BCUT2D eigenvalue weighted by atomic mass is 10.1. The zero-order valence-corrected chi connectivity index (χ0v) is 16.1. The zero-order valence-electron chi connectivity index (χ0n) is 16.1. The third kappa shape index (κ3) is 5.47. The van der Waals surface area contributed by atoms with Crippen molar-refractivity contribution in [2.45, 2.75) is 20.0 Å². The van der Waals surface area contributed by atoms with Crippen LogP contribution in [0.5, 0.6) is 17.2 Å². The van der Waals surface area contributed by atoms with Crippen molar-refractivity contribution in [1.29, 1.82) is 0 Å². The molecule has 2 aromatic rings. The van der Waals surface area contributed by atoms with Gasteiger partial charge in [0.25, 0.3) is 5.91 Å². The molecule has 29 heavy (non-hydrogen) atoms. The summed E-state index contributed by atoms with van der Waals surface area (Å²) in [7, 11) is 0. The van der Waals surface area contributed by atoms with Gasteiger partial charge in [-0.25, -0.2) is 4.79 Å². The number of ether oxygens (including phenoxy) is 4. The number of nitrogens with one attached hydrogen (secondary N) is 1. The third-order valence-electron chi connectivity index (χ3n) is 4.10. The van der Waals surface area contributed by atoms with E-state index in [-0.39, 0.29) is 12.4 Å². The highest BCUT2D eigenvalue weighted by molar-refractivity contribution is 5.95. The van der Waals surface area contributed by atoms with Gasteiger partial charge in [0, 0.05) is 17.3 Å². The van der Waals surface area contributed by atoms with Crippen molar-refractivity contribution >= 4 is 23.3 Å². The summed E-state index contributed by atoms with van der Waals surface area (Å²) >= 11 is 0. The number of ketones is 1. The first-order valence-corrected chi connectivity index (χ1v) is 9.06. The van der Waals surface area contributed by atoms with Crippen LogP contribution in [0.25, 0.3) is 0 Å². The first-order valence-electron chi connectivity index (χ1n) is 9.06. The predicted octanol–water partition coefficient (Wildman–Crippen LogP) is 2.61. The summed E-state index contributed by atoms with van der Waals surface area (Å²) in [6, 6.07) is 11.4. The smallest absolute Gasteiger partial charge is 0.344 e. The molecule has 1 heterocycles. The molecule has 3 rings (SSSR count). The molecule has 0 fully saturated rings. The summed E-state index contributed by atoms with van der Waals surface area (Å²) in [6.07, 6.45) is -1.01. The molecule has 0 bridgehead atoms. The van der Waals surface area contributed by atoms with Crippen molar-refractivity contribution in [3.63, 3.8) is 0 Å². The highest BCUT2D eigenvalue weighted by Crippen LogP contribution is 2.32. The highest BCUT2D eigenvalue weighted by Gasteiger charge is 2.19. The number of carbonyl (C=O) groups is 3. The summed E-state index contributed by atoms with van der Waals surface area (Å²) in [4.78, 5) is 35.4. The van der Waals surface area contributed by atoms with E-state index in [0.29, 0.717) is 41.7 Å². The van der Waals surface area contributed by atoms with Crippen molar-refractivity contribution in [3.8, 4) is 17.2 Å². The van der Waals surface area contributed by atoms with Gasteiger partial charge >= 0.3 is 5.97 Å². The van der Waals surface area contributed by atoms with Gasteiger partial charge in [0.05, 0.1) is 0 Å². The summed E-state index contributed by atoms with van der Waals surface area (Å²) in [6.45, 7) is 3.49. The number of hydrogen-bond acceptors (Lipinski definition) is 7. The summed E-state index contributed by atoms with van der Waals surface area (Å²) in [5.74, 6) is 0.338. The number of amides is 1. The van der Waals surface area contributed by atoms with Crippen LogP contribution in [0.1, 0.15) is 24.2 Å². The molecular formula is C21H21NO7. The van der Waals surface area contributed by atoms with Crippen LogP contribution in [-0.4, -0.2) is 43.6 Å². The van der Waals surface area contributed by atoms with Crippen molar-refractivity contribution in [2.24, 2.45) is 0 Å². The fraction of sp³-hybridized carbons (Fsp3) is 0.286. The molecule has 8 heteroatoms. The summed E-state index contributed by atoms with van der Waals surface area (Å²) < 4.78 is 21.3. The van der Waals surface area contributed by atoms with Crippen LogP contribution >= 0.6 is 0 Å².